The van der Waals surface area contributed by atoms with E-state index >= 15 is 0 Å². The highest BCUT2D eigenvalue weighted by Gasteiger charge is 2.12. The number of fused-ring (bicyclic) bond motifs is 1. The van der Waals surface area contributed by atoms with Crippen molar-refractivity contribution in [3.8, 4) is 0 Å². The van der Waals surface area contributed by atoms with Crippen molar-refractivity contribution in [2.24, 2.45) is 0 Å². The van der Waals surface area contributed by atoms with Gasteiger partial charge in [-0.15, -0.1) is 22.7 Å². The number of thiophene rings is 1. The van der Waals surface area contributed by atoms with E-state index in [0.717, 1.165) is 10.1 Å². The Morgan fingerprint density at radius 3 is 2.94 bits per heavy atom. The summed E-state index contributed by atoms with van der Waals surface area (Å²) in [6.07, 6.45) is 1.67. The molecule has 2 heterocycles. The number of carbonyl (C=O) groups excluding carboxylic acids is 1. The maximum Gasteiger partial charge on any atom is 0.258 e. The summed E-state index contributed by atoms with van der Waals surface area (Å²) in [5, 5.41) is 8.13. The molecule has 0 unspecified atom stereocenters. The van der Waals surface area contributed by atoms with Crippen molar-refractivity contribution in [1.29, 1.82) is 0 Å². The number of hydrogen-bond donors (Lipinski definition) is 1. The fraction of sp³-hybridized carbons (Fsp3) is 0. The van der Waals surface area contributed by atoms with Crippen LogP contribution in [-0.4, -0.2) is 10.9 Å². The minimum atomic E-state index is -0.0996. The Bertz CT molecular complexity index is 658. The molecule has 0 fully saturated rings. The third kappa shape index (κ3) is 1.94. The lowest BCUT2D eigenvalue weighted by atomic mass is 10.2. The lowest BCUT2D eigenvalue weighted by Gasteiger charge is -1.99. The van der Waals surface area contributed by atoms with Gasteiger partial charge in [-0.25, -0.2) is 4.98 Å². The highest BCUT2D eigenvalue weighted by atomic mass is 32.1. The Morgan fingerprint density at radius 1 is 1.24 bits per heavy atom. The van der Waals surface area contributed by atoms with Crippen LogP contribution in [0.3, 0.4) is 0 Å². The Labute approximate surface area is 106 Å². The van der Waals surface area contributed by atoms with E-state index in [-0.39, 0.29) is 5.91 Å². The molecule has 0 bridgehead atoms. The van der Waals surface area contributed by atoms with Crippen molar-refractivity contribution >= 4 is 43.8 Å². The topological polar surface area (TPSA) is 42.0 Å². The molecule has 1 N–H and O–H groups in total. The Balaban J connectivity index is 1.96. The average molecular weight is 260 g/mol. The summed E-state index contributed by atoms with van der Waals surface area (Å²) in [4.78, 5) is 16.1. The summed E-state index contributed by atoms with van der Waals surface area (Å²) in [6.45, 7) is 0. The maximum absolute atomic E-state index is 12.0. The number of hydrogen-bond acceptors (Lipinski definition) is 4. The third-order valence-electron chi connectivity index (χ3n) is 2.38. The summed E-state index contributed by atoms with van der Waals surface area (Å²) in [5.41, 5.74) is 0.709. The third-order valence-corrected chi connectivity index (χ3v) is 4.03. The van der Waals surface area contributed by atoms with Gasteiger partial charge in [-0.2, -0.15) is 0 Å². The van der Waals surface area contributed by atoms with Gasteiger partial charge in [0, 0.05) is 27.0 Å². The zero-order valence-electron chi connectivity index (χ0n) is 8.71. The largest absolute Gasteiger partial charge is 0.298 e. The fourth-order valence-electron chi connectivity index (χ4n) is 1.60. The summed E-state index contributed by atoms with van der Waals surface area (Å²) in [7, 11) is 0. The molecule has 0 aliphatic carbocycles. The fourth-order valence-corrected chi connectivity index (χ4v) is 3.07. The molecule has 17 heavy (non-hydrogen) atoms. The molecule has 3 aromatic rings. The first-order valence-electron chi connectivity index (χ1n) is 5.01. The van der Waals surface area contributed by atoms with Crippen LogP contribution in [0.1, 0.15) is 10.4 Å². The van der Waals surface area contributed by atoms with Crippen LogP contribution in [0, 0.1) is 0 Å². The van der Waals surface area contributed by atoms with Gasteiger partial charge in [0.15, 0.2) is 5.13 Å². The summed E-state index contributed by atoms with van der Waals surface area (Å²) in [5.74, 6) is -0.0996. The Morgan fingerprint density at radius 2 is 2.12 bits per heavy atom. The molecule has 0 spiro atoms. The van der Waals surface area contributed by atoms with Crippen molar-refractivity contribution < 1.29 is 4.79 Å². The van der Waals surface area contributed by atoms with Crippen molar-refractivity contribution in [1.82, 2.24) is 4.98 Å². The van der Waals surface area contributed by atoms with Crippen molar-refractivity contribution in [2.75, 3.05) is 5.32 Å². The van der Waals surface area contributed by atoms with E-state index in [9.17, 15) is 4.79 Å². The number of nitrogens with zero attached hydrogens (tertiary/aromatic N) is 1. The van der Waals surface area contributed by atoms with E-state index in [0.29, 0.717) is 10.7 Å². The minimum absolute atomic E-state index is 0.0996. The first-order chi connectivity index (χ1) is 8.34. The standard InChI is InChI=1S/C12H8N2OS2/c15-11(14-12-13-5-6-16-12)9-7-17-10-4-2-1-3-8(9)10/h1-7H,(H,13,14,15). The number of nitrogens with one attached hydrogen (secondary N) is 1. The lowest BCUT2D eigenvalue weighted by Crippen LogP contribution is -2.10. The van der Waals surface area contributed by atoms with Crippen molar-refractivity contribution in [3.05, 3.63) is 46.8 Å². The van der Waals surface area contributed by atoms with Gasteiger partial charge in [-0.05, 0) is 6.07 Å². The molecule has 2 aromatic heterocycles. The van der Waals surface area contributed by atoms with Gasteiger partial charge < -0.3 is 0 Å². The number of thiazole rings is 1. The maximum atomic E-state index is 12.0. The smallest absolute Gasteiger partial charge is 0.258 e. The molecule has 1 aromatic carbocycles. The normalized spacial score (nSPS) is 10.6. The monoisotopic (exact) mass is 260 g/mol. The predicted octanol–water partition coefficient (Wildman–Crippen LogP) is 3.61. The molecule has 1 amide bonds. The second-order valence-corrected chi connectivity index (χ2v) is 5.24. The highest BCUT2D eigenvalue weighted by molar-refractivity contribution is 7.17. The van der Waals surface area contributed by atoms with E-state index < -0.39 is 0 Å². The van der Waals surface area contributed by atoms with Gasteiger partial charge in [0.25, 0.3) is 5.91 Å². The van der Waals surface area contributed by atoms with E-state index in [4.69, 9.17) is 0 Å². The number of amides is 1. The van der Waals surface area contributed by atoms with Crippen LogP contribution >= 0.6 is 22.7 Å². The molecule has 0 aliphatic rings. The molecular weight excluding hydrogens is 252 g/mol. The minimum Gasteiger partial charge on any atom is -0.298 e. The van der Waals surface area contributed by atoms with Crippen LogP contribution in [0.4, 0.5) is 5.13 Å². The molecule has 0 atom stereocenters. The molecule has 0 saturated heterocycles. The van der Waals surface area contributed by atoms with E-state index in [1.165, 1.54) is 11.3 Å². The summed E-state index contributed by atoms with van der Waals surface area (Å²) in [6, 6.07) is 7.89. The van der Waals surface area contributed by atoms with Gasteiger partial charge >= 0.3 is 0 Å². The molecule has 0 saturated carbocycles. The number of rotatable bonds is 2. The van der Waals surface area contributed by atoms with Crippen LogP contribution < -0.4 is 5.32 Å². The summed E-state index contributed by atoms with van der Waals surface area (Å²) < 4.78 is 1.12. The highest BCUT2D eigenvalue weighted by Crippen LogP contribution is 2.26. The molecule has 0 aliphatic heterocycles. The van der Waals surface area contributed by atoms with Gasteiger partial charge in [0.1, 0.15) is 0 Å². The van der Waals surface area contributed by atoms with E-state index in [1.807, 2.05) is 35.0 Å². The van der Waals surface area contributed by atoms with Gasteiger partial charge in [-0.3, -0.25) is 10.1 Å². The van der Waals surface area contributed by atoms with Crippen molar-refractivity contribution in [2.45, 2.75) is 0 Å². The first-order valence-corrected chi connectivity index (χ1v) is 6.77. The van der Waals surface area contributed by atoms with E-state index in [2.05, 4.69) is 10.3 Å². The molecule has 3 nitrogen and oxygen atoms in total. The zero-order chi connectivity index (χ0) is 11.7. The van der Waals surface area contributed by atoms with Gasteiger partial charge in [-0.1, -0.05) is 18.2 Å². The average Bonchev–Trinajstić information content (AvgIpc) is 2.96. The van der Waals surface area contributed by atoms with Crippen molar-refractivity contribution in [3.63, 3.8) is 0 Å². The Kier molecular flexibility index (Phi) is 2.62. The second-order valence-electron chi connectivity index (χ2n) is 3.44. The molecule has 0 radical (unpaired) electrons. The van der Waals surface area contributed by atoms with Crippen LogP contribution in [0.2, 0.25) is 0 Å². The van der Waals surface area contributed by atoms with E-state index in [1.54, 1.807) is 17.5 Å². The SMILES string of the molecule is O=C(Nc1nccs1)c1csc2ccccc12. The predicted molar refractivity (Wildman–Crippen MR) is 71.9 cm³/mol. The zero-order valence-corrected chi connectivity index (χ0v) is 10.3. The number of benzene rings is 1. The first kappa shape index (κ1) is 10.4. The molecule has 5 heteroatoms. The Hall–Kier alpha value is -1.72. The van der Waals surface area contributed by atoms with Crippen LogP contribution in [0.15, 0.2) is 41.2 Å². The number of aromatic nitrogens is 1. The van der Waals surface area contributed by atoms with Crippen LogP contribution in [0.5, 0.6) is 0 Å². The molecule has 3 rings (SSSR count). The van der Waals surface area contributed by atoms with Gasteiger partial charge in [0.05, 0.1) is 5.56 Å². The van der Waals surface area contributed by atoms with Gasteiger partial charge in [0.2, 0.25) is 0 Å². The number of carbonyl (C=O) groups is 1. The van der Waals surface area contributed by atoms with Crippen LogP contribution in [0.25, 0.3) is 10.1 Å². The lowest BCUT2D eigenvalue weighted by molar-refractivity contribution is 0.102. The molecule has 84 valence electrons. The van der Waals surface area contributed by atoms with Crippen LogP contribution in [-0.2, 0) is 0 Å². The summed E-state index contributed by atoms with van der Waals surface area (Å²) >= 11 is 2.99. The quantitative estimate of drug-likeness (QED) is 0.764. The second kappa shape index (κ2) is 4.27. The molecular formula is C12H8N2OS2. The number of anilines is 1.